The van der Waals surface area contributed by atoms with Gasteiger partial charge in [0.15, 0.2) is 11.2 Å². The number of ether oxygens (including phenoxy) is 1. The number of likely N-dealkylation sites (tertiary alicyclic amines) is 1. The Bertz CT molecular complexity index is 567. The van der Waals surface area contributed by atoms with Gasteiger partial charge in [-0.1, -0.05) is 0 Å². The van der Waals surface area contributed by atoms with Crippen LogP contribution in [0.25, 0.3) is 0 Å². The van der Waals surface area contributed by atoms with Gasteiger partial charge in [-0.15, -0.1) is 0 Å². The van der Waals surface area contributed by atoms with Crippen LogP contribution in [0.15, 0.2) is 21.3 Å². The first kappa shape index (κ1) is 15.7. The van der Waals surface area contributed by atoms with Gasteiger partial charge in [-0.05, 0) is 20.8 Å². The third-order valence-corrected chi connectivity index (χ3v) is 3.76. The number of methoxy groups -OCH3 is 1. The maximum Gasteiger partial charge on any atom is 0.287 e. The van der Waals surface area contributed by atoms with Crippen molar-refractivity contribution in [1.29, 1.82) is 0 Å². The molecule has 1 N–H and O–H groups in total. The predicted molar refractivity (Wildman–Crippen MR) is 78.5 cm³/mol. The second-order valence-corrected chi connectivity index (χ2v) is 5.67. The molecule has 0 aromatic carbocycles. The molecule has 0 saturated carbocycles. The molecule has 1 aliphatic heterocycles. The topological polar surface area (TPSA) is 71.8 Å². The van der Waals surface area contributed by atoms with Crippen molar-refractivity contribution in [2.24, 2.45) is 0 Å². The van der Waals surface area contributed by atoms with Crippen LogP contribution in [-0.4, -0.2) is 49.2 Å². The Labute approximate surface area is 124 Å². The maximum absolute atomic E-state index is 12.2. The quantitative estimate of drug-likeness (QED) is 0.889. The van der Waals surface area contributed by atoms with Crippen molar-refractivity contribution < 1.29 is 13.9 Å². The summed E-state index contributed by atoms with van der Waals surface area (Å²) in [6.07, 6.45) is -0.0621. The molecule has 0 aliphatic carbocycles. The highest BCUT2D eigenvalue weighted by atomic mass is 16.5. The second kappa shape index (κ2) is 6.41. The second-order valence-electron chi connectivity index (χ2n) is 5.67. The monoisotopic (exact) mass is 294 g/mol. The minimum Gasteiger partial charge on any atom is -0.456 e. The summed E-state index contributed by atoms with van der Waals surface area (Å²) in [5, 5.41) is 2.90. The summed E-state index contributed by atoms with van der Waals surface area (Å²) in [6.45, 7) is 7.36. The lowest BCUT2D eigenvalue weighted by Crippen LogP contribution is -2.44. The van der Waals surface area contributed by atoms with Gasteiger partial charge in [0.25, 0.3) is 5.91 Å². The van der Waals surface area contributed by atoms with Crippen LogP contribution >= 0.6 is 0 Å². The van der Waals surface area contributed by atoms with E-state index in [1.54, 1.807) is 14.0 Å². The number of carbonyl (C=O) groups is 1. The number of nitrogens with zero attached hydrogens (tertiary/aromatic N) is 1. The number of nitrogens with one attached hydrogen (secondary N) is 1. The van der Waals surface area contributed by atoms with E-state index in [-0.39, 0.29) is 29.2 Å². The highest BCUT2D eigenvalue weighted by molar-refractivity contribution is 5.91. The SMILES string of the molecule is CO[C@H]1CN(C(C)C)C[C@@H]1NC(=O)c1cc(=O)cc(C)o1. The van der Waals surface area contributed by atoms with Crippen LogP contribution in [0, 0.1) is 6.92 Å². The summed E-state index contributed by atoms with van der Waals surface area (Å²) in [4.78, 5) is 25.9. The summed E-state index contributed by atoms with van der Waals surface area (Å²) in [5.74, 6) is 0.0810. The predicted octanol–water partition coefficient (Wildman–Crippen LogP) is 0.786. The number of amides is 1. The molecule has 1 saturated heterocycles. The number of aryl methyl sites for hydroxylation is 1. The summed E-state index contributed by atoms with van der Waals surface area (Å²) in [6, 6.07) is 2.83. The van der Waals surface area contributed by atoms with E-state index in [0.717, 1.165) is 13.1 Å². The Hall–Kier alpha value is -1.66. The average Bonchev–Trinajstić information content (AvgIpc) is 2.80. The minimum absolute atomic E-state index is 0.0397. The molecule has 1 aromatic heterocycles. The molecule has 2 heterocycles. The number of rotatable bonds is 4. The molecule has 6 heteroatoms. The van der Waals surface area contributed by atoms with Gasteiger partial charge in [0.1, 0.15) is 5.76 Å². The van der Waals surface area contributed by atoms with Gasteiger partial charge in [-0.2, -0.15) is 0 Å². The first-order chi connectivity index (χ1) is 9.90. The molecule has 0 bridgehead atoms. The van der Waals surface area contributed by atoms with E-state index < -0.39 is 0 Å². The lowest BCUT2D eigenvalue weighted by atomic mass is 10.2. The molecule has 6 nitrogen and oxygen atoms in total. The van der Waals surface area contributed by atoms with E-state index in [1.165, 1.54) is 12.1 Å². The summed E-state index contributed by atoms with van der Waals surface area (Å²) in [5.41, 5.74) is -0.234. The lowest BCUT2D eigenvalue weighted by Gasteiger charge is -2.19. The van der Waals surface area contributed by atoms with Crippen molar-refractivity contribution >= 4 is 5.91 Å². The van der Waals surface area contributed by atoms with E-state index in [0.29, 0.717) is 11.8 Å². The summed E-state index contributed by atoms with van der Waals surface area (Å²) >= 11 is 0. The van der Waals surface area contributed by atoms with Crippen molar-refractivity contribution in [3.63, 3.8) is 0 Å². The van der Waals surface area contributed by atoms with Crippen LogP contribution in [0.4, 0.5) is 0 Å². The number of hydrogen-bond donors (Lipinski definition) is 1. The molecule has 1 amide bonds. The van der Waals surface area contributed by atoms with Crippen LogP contribution in [0.3, 0.4) is 0 Å². The van der Waals surface area contributed by atoms with Crippen molar-refractivity contribution in [3.05, 3.63) is 33.9 Å². The van der Waals surface area contributed by atoms with Crippen LogP contribution in [0.1, 0.15) is 30.2 Å². The van der Waals surface area contributed by atoms with Gasteiger partial charge >= 0.3 is 0 Å². The average molecular weight is 294 g/mol. The van der Waals surface area contributed by atoms with Crippen molar-refractivity contribution in [1.82, 2.24) is 10.2 Å². The zero-order chi connectivity index (χ0) is 15.6. The molecule has 0 unspecified atom stereocenters. The van der Waals surface area contributed by atoms with Gasteiger partial charge in [-0.25, -0.2) is 0 Å². The van der Waals surface area contributed by atoms with E-state index >= 15 is 0 Å². The molecule has 21 heavy (non-hydrogen) atoms. The van der Waals surface area contributed by atoms with Gasteiger partial charge in [0, 0.05) is 38.4 Å². The highest BCUT2D eigenvalue weighted by Gasteiger charge is 2.35. The Kier molecular flexibility index (Phi) is 4.80. The molecule has 0 spiro atoms. The van der Waals surface area contributed by atoms with E-state index in [2.05, 4.69) is 24.1 Å². The van der Waals surface area contributed by atoms with E-state index in [1.807, 2.05) is 0 Å². The van der Waals surface area contributed by atoms with Gasteiger partial charge in [-0.3, -0.25) is 14.5 Å². The molecule has 2 rings (SSSR count). The molecular weight excluding hydrogens is 272 g/mol. The highest BCUT2D eigenvalue weighted by Crippen LogP contribution is 2.16. The van der Waals surface area contributed by atoms with Crippen LogP contribution in [-0.2, 0) is 4.74 Å². The minimum atomic E-state index is -0.381. The molecular formula is C15H22N2O4. The van der Waals surface area contributed by atoms with Crippen molar-refractivity contribution in [2.45, 2.75) is 39.0 Å². The van der Waals surface area contributed by atoms with Crippen LogP contribution in [0.5, 0.6) is 0 Å². The molecule has 1 aromatic rings. The molecule has 1 aliphatic rings. The normalized spacial score (nSPS) is 22.7. The fourth-order valence-electron chi connectivity index (χ4n) is 2.56. The lowest BCUT2D eigenvalue weighted by molar-refractivity contribution is 0.0734. The molecule has 2 atom stereocenters. The smallest absolute Gasteiger partial charge is 0.287 e. The van der Waals surface area contributed by atoms with Gasteiger partial charge in [0.05, 0.1) is 12.1 Å². The molecule has 0 radical (unpaired) electrons. The Morgan fingerprint density at radius 1 is 1.43 bits per heavy atom. The standard InChI is InChI=1S/C15H22N2O4/c1-9(2)17-7-12(14(8-17)20-4)16-15(19)13-6-11(18)5-10(3)21-13/h5-6,9,12,14H,7-8H2,1-4H3,(H,16,19)/t12-,14-/m0/s1. The van der Waals surface area contributed by atoms with Gasteiger partial charge < -0.3 is 14.5 Å². The summed E-state index contributed by atoms with van der Waals surface area (Å²) < 4.78 is 10.7. The summed E-state index contributed by atoms with van der Waals surface area (Å²) in [7, 11) is 1.64. The first-order valence-corrected chi connectivity index (χ1v) is 7.10. The third kappa shape index (κ3) is 3.71. The van der Waals surface area contributed by atoms with Crippen molar-refractivity contribution in [3.8, 4) is 0 Å². The Balaban J connectivity index is 2.09. The molecule has 1 fully saturated rings. The van der Waals surface area contributed by atoms with Gasteiger partial charge in [0.2, 0.25) is 0 Å². The number of hydrogen-bond acceptors (Lipinski definition) is 5. The first-order valence-electron chi connectivity index (χ1n) is 7.10. The van der Waals surface area contributed by atoms with Crippen LogP contribution < -0.4 is 10.7 Å². The van der Waals surface area contributed by atoms with E-state index in [9.17, 15) is 9.59 Å². The Morgan fingerprint density at radius 2 is 2.14 bits per heavy atom. The Morgan fingerprint density at radius 3 is 2.71 bits per heavy atom. The number of carbonyl (C=O) groups excluding carboxylic acids is 1. The fourth-order valence-corrected chi connectivity index (χ4v) is 2.56. The third-order valence-electron chi connectivity index (χ3n) is 3.76. The van der Waals surface area contributed by atoms with E-state index in [4.69, 9.17) is 9.15 Å². The van der Waals surface area contributed by atoms with Crippen LogP contribution in [0.2, 0.25) is 0 Å². The largest absolute Gasteiger partial charge is 0.456 e. The zero-order valence-electron chi connectivity index (χ0n) is 12.9. The van der Waals surface area contributed by atoms with Crippen molar-refractivity contribution in [2.75, 3.05) is 20.2 Å². The zero-order valence-corrected chi connectivity index (χ0v) is 12.9. The fraction of sp³-hybridized carbons (Fsp3) is 0.600. The maximum atomic E-state index is 12.2. The molecule has 116 valence electrons.